The molecular formula is C23H30N2O. The molecule has 0 atom stereocenters. The van der Waals surface area contributed by atoms with Gasteiger partial charge in [0.1, 0.15) is 0 Å². The summed E-state index contributed by atoms with van der Waals surface area (Å²) in [7, 11) is 0. The monoisotopic (exact) mass is 350 g/mol. The highest BCUT2D eigenvalue weighted by atomic mass is 16.5. The maximum atomic E-state index is 5.68. The van der Waals surface area contributed by atoms with Gasteiger partial charge in [0.15, 0.2) is 5.75 Å². The molecule has 0 unspecified atom stereocenters. The van der Waals surface area contributed by atoms with Crippen molar-refractivity contribution in [2.75, 3.05) is 6.61 Å². The summed E-state index contributed by atoms with van der Waals surface area (Å²) in [6, 6.07) is 8.43. The van der Waals surface area contributed by atoms with Gasteiger partial charge in [0.05, 0.1) is 19.0 Å². The maximum absolute atomic E-state index is 5.68. The number of hydrogen-bond acceptors (Lipinski definition) is 3. The van der Waals surface area contributed by atoms with E-state index in [1.54, 1.807) is 12.4 Å². The van der Waals surface area contributed by atoms with E-state index in [0.717, 1.165) is 25.0 Å². The first kappa shape index (κ1) is 20.0. The predicted octanol–water partition coefficient (Wildman–Crippen LogP) is 5.57. The first-order chi connectivity index (χ1) is 12.8. The highest BCUT2D eigenvalue weighted by Crippen LogP contribution is 2.09. The molecule has 0 amide bonds. The Morgan fingerprint density at radius 1 is 0.808 bits per heavy atom. The molecule has 2 aromatic rings. The lowest BCUT2D eigenvalue weighted by atomic mass is 10.1. The number of benzene rings is 1. The molecule has 1 aromatic carbocycles. The molecule has 0 aliphatic carbocycles. The second-order valence-electron chi connectivity index (χ2n) is 6.56. The lowest BCUT2D eigenvalue weighted by molar-refractivity contribution is 0.302. The van der Waals surface area contributed by atoms with Gasteiger partial charge in [-0.25, -0.2) is 9.97 Å². The topological polar surface area (TPSA) is 35.0 Å². The third kappa shape index (κ3) is 7.70. The minimum atomic E-state index is 0.523. The summed E-state index contributed by atoms with van der Waals surface area (Å²) in [6.45, 7) is 5.16. The highest BCUT2D eigenvalue weighted by Gasteiger charge is 1.97. The number of nitrogens with zero attached hydrogens (tertiary/aromatic N) is 2. The van der Waals surface area contributed by atoms with Crippen molar-refractivity contribution in [1.29, 1.82) is 0 Å². The van der Waals surface area contributed by atoms with Crippen molar-refractivity contribution < 1.29 is 4.74 Å². The Labute approximate surface area is 158 Å². The fourth-order valence-corrected chi connectivity index (χ4v) is 2.61. The van der Waals surface area contributed by atoms with Crippen LogP contribution in [-0.4, -0.2) is 16.6 Å². The molecule has 0 saturated heterocycles. The van der Waals surface area contributed by atoms with Crippen LogP contribution in [0, 0.1) is 11.8 Å². The molecule has 2 rings (SSSR count). The molecule has 0 aliphatic rings. The van der Waals surface area contributed by atoms with E-state index >= 15 is 0 Å². The summed E-state index contributed by atoms with van der Waals surface area (Å²) >= 11 is 0. The first-order valence-corrected chi connectivity index (χ1v) is 9.87. The molecule has 1 heterocycles. The number of hydrogen-bond donors (Lipinski definition) is 0. The quantitative estimate of drug-likeness (QED) is 0.415. The Kier molecular flexibility index (Phi) is 9.29. The van der Waals surface area contributed by atoms with Crippen molar-refractivity contribution in [2.24, 2.45) is 0 Å². The van der Waals surface area contributed by atoms with Gasteiger partial charge in [-0.15, -0.1) is 0 Å². The Morgan fingerprint density at radius 2 is 1.50 bits per heavy atom. The summed E-state index contributed by atoms with van der Waals surface area (Å²) in [4.78, 5) is 8.54. The summed E-state index contributed by atoms with van der Waals surface area (Å²) in [6.07, 6.45) is 13.1. The molecule has 0 spiro atoms. The van der Waals surface area contributed by atoms with Gasteiger partial charge >= 0.3 is 0 Å². The molecule has 3 nitrogen and oxygen atoms in total. The standard InChI is InChI=1S/C23H30N2O/c1-3-5-7-8-9-17-26-22-18-24-23(25-19-22)16-15-21-13-11-20(12-14-21)10-6-4-2/h11-14,18-19H,3-10,17H2,1-2H3. The molecule has 0 fully saturated rings. The van der Waals surface area contributed by atoms with Gasteiger partial charge < -0.3 is 4.74 Å². The zero-order chi connectivity index (χ0) is 18.5. The largest absolute Gasteiger partial charge is 0.490 e. The van der Waals surface area contributed by atoms with Crippen LogP contribution in [0.25, 0.3) is 0 Å². The molecule has 26 heavy (non-hydrogen) atoms. The molecule has 1 aromatic heterocycles. The van der Waals surface area contributed by atoms with Crippen LogP contribution in [0.5, 0.6) is 5.75 Å². The molecule has 3 heteroatoms. The summed E-state index contributed by atoms with van der Waals surface area (Å²) in [5.41, 5.74) is 2.35. The fraction of sp³-hybridized carbons (Fsp3) is 0.478. The Balaban J connectivity index is 1.79. The third-order valence-electron chi connectivity index (χ3n) is 4.24. The second kappa shape index (κ2) is 12.1. The van der Waals surface area contributed by atoms with E-state index in [4.69, 9.17) is 4.74 Å². The van der Waals surface area contributed by atoms with E-state index in [9.17, 15) is 0 Å². The van der Waals surface area contributed by atoms with Crippen molar-refractivity contribution in [3.63, 3.8) is 0 Å². The molecule has 0 N–H and O–H groups in total. The van der Waals surface area contributed by atoms with Crippen molar-refractivity contribution in [3.05, 3.63) is 53.6 Å². The fourth-order valence-electron chi connectivity index (χ4n) is 2.61. The molecule has 0 aliphatic heterocycles. The van der Waals surface area contributed by atoms with Crippen LogP contribution in [0.4, 0.5) is 0 Å². The van der Waals surface area contributed by atoms with Gasteiger partial charge in [-0.05, 0) is 42.9 Å². The number of aryl methyl sites for hydroxylation is 1. The van der Waals surface area contributed by atoms with Crippen molar-refractivity contribution in [2.45, 2.75) is 65.2 Å². The normalized spacial score (nSPS) is 10.2. The van der Waals surface area contributed by atoms with Crippen LogP contribution >= 0.6 is 0 Å². The molecular weight excluding hydrogens is 320 g/mol. The van der Waals surface area contributed by atoms with Crippen molar-refractivity contribution >= 4 is 0 Å². The van der Waals surface area contributed by atoms with Crippen molar-refractivity contribution in [3.8, 4) is 17.6 Å². The molecule has 138 valence electrons. The van der Waals surface area contributed by atoms with Gasteiger partial charge in [0, 0.05) is 5.56 Å². The average Bonchev–Trinajstić information content (AvgIpc) is 2.69. The van der Waals surface area contributed by atoms with Gasteiger partial charge in [0.25, 0.3) is 0 Å². The van der Waals surface area contributed by atoms with Gasteiger partial charge in [-0.3, -0.25) is 0 Å². The zero-order valence-corrected chi connectivity index (χ0v) is 16.1. The van der Waals surface area contributed by atoms with Crippen LogP contribution in [0.15, 0.2) is 36.7 Å². The zero-order valence-electron chi connectivity index (χ0n) is 16.1. The SMILES string of the molecule is CCCCCCCOc1cnc(C#Cc2ccc(CCCC)cc2)nc1. The number of unbranched alkanes of at least 4 members (excludes halogenated alkanes) is 5. The Hall–Kier alpha value is -2.34. The number of rotatable bonds is 10. The predicted molar refractivity (Wildman–Crippen MR) is 107 cm³/mol. The van der Waals surface area contributed by atoms with Crippen LogP contribution in [0.1, 0.15) is 75.7 Å². The summed E-state index contributed by atoms with van der Waals surface area (Å²) < 4.78 is 5.68. The van der Waals surface area contributed by atoms with Crippen LogP contribution in [-0.2, 0) is 6.42 Å². The summed E-state index contributed by atoms with van der Waals surface area (Å²) in [5, 5.41) is 0. The molecule has 0 radical (unpaired) electrons. The van der Waals surface area contributed by atoms with E-state index in [1.807, 2.05) is 0 Å². The van der Waals surface area contributed by atoms with E-state index < -0.39 is 0 Å². The minimum absolute atomic E-state index is 0.523. The lowest BCUT2D eigenvalue weighted by Crippen LogP contribution is -1.99. The molecule has 0 bridgehead atoms. The smallest absolute Gasteiger partial charge is 0.205 e. The van der Waals surface area contributed by atoms with Crippen molar-refractivity contribution in [1.82, 2.24) is 9.97 Å². The van der Waals surface area contributed by atoms with E-state index in [-0.39, 0.29) is 0 Å². The van der Waals surface area contributed by atoms with Crippen LogP contribution < -0.4 is 4.74 Å². The number of aromatic nitrogens is 2. The Morgan fingerprint density at radius 3 is 2.19 bits per heavy atom. The lowest BCUT2D eigenvalue weighted by Gasteiger charge is -2.04. The van der Waals surface area contributed by atoms with E-state index in [0.29, 0.717) is 11.6 Å². The van der Waals surface area contributed by atoms with Crippen LogP contribution in [0.2, 0.25) is 0 Å². The van der Waals surface area contributed by atoms with Crippen LogP contribution in [0.3, 0.4) is 0 Å². The van der Waals surface area contributed by atoms with E-state index in [2.05, 4.69) is 59.9 Å². The van der Waals surface area contributed by atoms with Gasteiger partial charge in [-0.1, -0.05) is 64.0 Å². The minimum Gasteiger partial charge on any atom is -0.490 e. The maximum Gasteiger partial charge on any atom is 0.205 e. The van der Waals surface area contributed by atoms with Gasteiger partial charge in [0.2, 0.25) is 5.82 Å². The number of ether oxygens (including phenoxy) is 1. The first-order valence-electron chi connectivity index (χ1n) is 9.87. The third-order valence-corrected chi connectivity index (χ3v) is 4.24. The Bertz CT molecular complexity index is 681. The highest BCUT2D eigenvalue weighted by molar-refractivity contribution is 5.39. The summed E-state index contributed by atoms with van der Waals surface area (Å²) in [5.74, 6) is 7.37. The molecule has 0 saturated carbocycles. The second-order valence-corrected chi connectivity index (χ2v) is 6.56. The van der Waals surface area contributed by atoms with Gasteiger partial charge in [-0.2, -0.15) is 0 Å². The average molecular weight is 351 g/mol. The van der Waals surface area contributed by atoms with E-state index in [1.165, 1.54) is 44.1 Å².